The van der Waals surface area contributed by atoms with Crippen LogP contribution in [0.4, 0.5) is 0 Å². The third-order valence-electron chi connectivity index (χ3n) is 11.3. The van der Waals surface area contributed by atoms with Gasteiger partial charge in [0, 0.05) is 23.7 Å². The van der Waals surface area contributed by atoms with Crippen molar-refractivity contribution in [3.05, 3.63) is 23.3 Å². The van der Waals surface area contributed by atoms with E-state index in [1.807, 2.05) is 0 Å². The SMILES string of the molecule is CC1CCCC1(C)C1=CC(=O)C(C)(O)C2C3C=C(C4(C)CCCC4(C)C)C(C(=O)C3O)C12. The first-order valence-corrected chi connectivity index (χ1v) is 12.7. The summed E-state index contributed by atoms with van der Waals surface area (Å²) in [5.74, 6) is -1.54. The summed E-state index contributed by atoms with van der Waals surface area (Å²) in [4.78, 5) is 27.0. The zero-order valence-corrected chi connectivity index (χ0v) is 20.6. The first kappa shape index (κ1) is 22.5. The summed E-state index contributed by atoms with van der Waals surface area (Å²) in [5.41, 5.74) is 0.492. The summed E-state index contributed by atoms with van der Waals surface area (Å²) in [6.45, 7) is 13.0. The van der Waals surface area contributed by atoms with E-state index in [1.165, 1.54) is 5.57 Å². The Bertz CT molecular complexity index is 939. The van der Waals surface area contributed by atoms with Crippen LogP contribution in [0.5, 0.6) is 0 Å². The van der Waals surface area contributed by atoms with E-state index in [0.29, 0.717) is 5.92 Å². The van der Waals surface area contributed by atoms with E-state index in [0.717, 1.165) is 44.1 Å². The fourth-order valence-electron chi connectivity index (χ4n) is 8.57. The summed E-state index contributed by atoms with van der Waals surface area (Å²) in [6.07, 6.45) is 9.24. The Hall–Kier alpha value is -1.26. The summed E-state index contributed by atoms with van der Waals surface area (Å²) in [7, 11) is 0. The second-order valence-corrected chi connectivity index (χ2v) is 13.0. The van der Waals surface area contributed by atoms with Crippen molar-refractivity contribution in [1.82, 2.24) is 0 Å². The smallest absolute Gasteiger partial charge is 0.187 e. The Morgan fingerprint density at radius 2 is 1.66 bits per heavy atom. The lowest BCUT2D eigenvalue weighted by Crippen LogP contribution is -2.66. The van der Waals surface area contributed by atoms with E-state index in [4.69, 9.17) is 0 Å². The van der Waals surface area contributed by atoms with Crippen LogP contribution in [0.3, 0.4) is 0 Å². The number of carbonyl (C=O) groups excluding carboxylic acids is 2. The van der Waals surface area contributed by atoms with E-state index in [-0.39, 0.29) is 33.7 Å². The predicted octanol–water partition coefficient (Wildman–Crippen LogP) is 4.64. The van der Waals surface area contributed by atoms with Gasteiger partial charge in [-0.1, -0.05) is 64.7 Å². The summed E-state index contributed by atoms with van der Waals surface area (Å²) in [5, 5.41) is 22.5. The minimum absolute atomic E-state index is 0.0679. The van der Waals surface area contributed by atoms with Gasteiger partial charge in [-0.2, -0.15) is 0 Å². The summed E-state index contributed by atoms with van der Waals surface area (Å²) < 4.78 is 0. The Balaban J connectivity index is 1.73. The predicted molar refractivity (Wildman–Crippen MR) is 124 cm³/mol. The average Bonchev–Trinajstić information content (AvgIpc) is 3.20. The highest BCUT2D eigenvalue weighted by atomic mass is 16.3. The van der Waals surface area contributed by atoms with Crippen LogP contribution in [0.1, 0.15) is 80.1 Å². The van der Waals surface area contributed by atoms with Gasteiger partial charge in [0.05, 0.1) is 0 Å². The molecule has 176 valence electrons. The average molecular weight is 441 g/mol. The van der Waals surface area contributed by atoms with Gasteiger partial charge in [-0.3, -0.25) is 9.59 Å². The van der Waals surface area contributed by atoms with Gasteiger partial charge in [0.15, 0.2) is 11.6 Å². The highest BCUT2D eigenvalue weighted by Gasteiger charge is 2.67. The molecule has 3 saturated carbocycles. The van der Waals surface area contributed by atoms with Gasteiger partial charge in [0.1, 0.15) is 11.7 Å². The lowest BCUT2D eigenvalue weighted by Gasteiger charge is -2.60. The zero-order chi connectivity index (χ0) is 23.4. The molecule has 6 aliphatic carbocycles. The van der Waals surface area contributed by atoms with Crippen molar-refractivity contribution in [2.24, 2.45) is 45.8 Å². The van der Waals surface area contributed by atoms with Crippen LogP contribution >= 0.6 is 0 Å². The number of ketones is 2. The minimum Gasteiger partial charge on any atom is -0.385 e. The van der Waals surface area contributed by atoms with Crippen LogP contribution in [0.25, 0.3) is 0 Å². The van der Waals surface area contributed by atoms with Crippen LogP contribution in [0, 0.1) is 45.8 Å². The van der Waals surface area contributed by atoms with E-state index in [2.05, 4.69) is 40.7 Å². The largest absolute Gasteiger partial charge is 0.385 e. The number of aliphatic hydroxyl groups excluding tert-OH is 1. The van der Waals surface area contributed by atoms with Crippen LogP contribution in [-0.2, 0) is 9.59 Å². The topological polar surface area (TPSA) is 74.6 Å². The lowest BCUT2D eigenvalue weighted by molar-refractivity contribution is -0.166. The molecule has 0 spiro atoms. The van der Waals surface area contributed by atoms with Crippen LogP contribution in [0.15, 0.2) is 23.3 Å². The van der Waals surface area contributed by atoms with Crippen molar-refractivity contribution in [2.75, 3.05) is 0 Å². The fraction of sp³-hybridized carbons (Fsp3) is 0.786. The number of allylic oxidation sites excluding steroid dienone is 2. The minimum atomic E-state index is -1.56. The van der Waals surface area contributed by atoms with E-state index < -0.39 is 29.5 Å². The maximum absolute atomic E-state index is 13.7. The maximum atomic E-state index is 13.7. The first-order chi connectivity index (χ1) is 14.8. The van der Waals surface area contributed by atoms with E-state index >= 15 is 0 Å². The van der Waals surface area contributed by atoms with Crippen LogP contribution < -0.4 is 0 Å². The van der Waals surface area contributed by atoms with Crippen molar-refractivity contribution in [3.8, 4) is 0 Å². The molecule has 32 heavy (non-hydrogen) atoms. The summed E-state index contributed by atoms with van der Waals surface area (Å²) >= 11 is 0. The van der Waals surface area contributed by atoms with Gasteiger partial charge in [-0.15, -0.1) is 0 Å². The number of hydrogen-bond donors (Lipinski definition) is 2. The Kier molecular flexibility index (Phi) is 4.69. The Labute approximate surface area is 192 Å². The standard InChI is InChI=1S/C28H40O4/c1-15-9-7-11-26(15,4)17-14-19(29)28(6,32)22-16-13-18(21(20(17)22)24(31)23(16)30)27(5)12-8-10-25(27,2)3/h13-16,20-23,30,32H,7-12H2,1-6H3. The molecule has 4 nitrogen and oxygen atoms in total. The quantitative estimate of drug-likeness (QED) is 0.614. The van der Waals surface area contributed by atoms with Gasteiger partial charge in [0.25, 0.3) is 0 Å². The number of hydrogen-bond acceptors (Lipinski definition) is 4. The van der Waals surface area contributed by atoms with E-state index in [9.17, 15) is 19.8 Å². The third kappa shape index (κ3) is 2.57. The molecule has 0 aliphatic heterocycles. The number of aliphatic hydroxyl groups is 2. The molecule has 0 aromatic rings. The van der Waals surface area contributed by atoms with Gasteiger partial charge in [-0.25, -0.2) is 0 Å². The van der Waals surface area contributed by atoms with Crippen LogP contribution in [-0.4, -0.2) is 33.5 Å². The van der Waals surface area contributed by atoms with Gasteiger partial charge in [-0.05, 0) is 60.8 Å². The second-order valence-electron chi connectivity index (χ2n) is 13.0. The number of fused-ring (bicyclic) bond motifs is 1. The second kappa shape index (κ2) is 6.66. The first-order valence-electron chi connectivity index (χ1n) is 12.7. The lowest BCUT2D eigenvalue weighted by atomic mass is 9.43. The van der Waals surface area contributed by atoms with Gasteiger partial charge < -0.3 is 10.2 Å². The molecule has 0 aromatic heterocycles. The monoisotopic (exact) mass is 440 g/mol. The molecular formula is C28H40O4. The zero-order valence-electron chi connectivity index (χ0n) is 20.6. The molecule has 0 heterocycles. The van der Waals surface area contributed by atoms with Crippen molar-refractivity contribution in [2.45, 2.75) is 91.8 Å². The van der Waals surface area contributed by atoms with Crippen LogP contribution in [0.2, 0.25) is 0 Å². The molecule has 9 unspecified atom stereocenters. The molecule has 9 atom stereocenters. The van der Waals surface area contributed by atoms with Crippen molar-refractivity contribution >= 4 is 11.6 Å². The van der Waals surface area contributed by atoms with Gasteiger partial charge >= 0.3 is 0 Å². The van der Waals surface area contributed by atoms with E-state index in [1.54, 1.807) is 13.0 Å². The Morgan fingerprint density at radius 1 is 0.969 bits per heavy atom. The van der Waals surface area contributed by atoms with Crippen molar-refractivity contribution in [3.63, 3.8) is 0 Å². The molecule has 3 fully saturated rings. The molecule has 0 aromatic carbocycles. The fourth-order valence-corrected chi connectivity index (χ4v) is 8.57. The molecule has 6 rings (SSSR count). The molecule has 2 bridgehead atoms. The number of carbonyl (C=O) groups is 2. The Morgan fingerprint density at radius 3 is 2.22 bits per heavy atom. The molecule has 0 amide bonds. The highest BCUT2D eigenvalue weighted by Crippen LogP contribution is 2.67. The van der Waals surface area contributed by atoms with Crippen molar-refractivity contribution in [1.29, 1.82) is 0 Å². The molecule has 4 heteroatoms. The maximum Gasteiger partial charge on any atom is 0.187 e. The molecular weight excluding hydrogens is 400 g/mol. The normalized spacial score (nSPS) is 52.1. The number of Topliss-reactive ketones (excluding diaryl/α,β-unsaturated/α-hetero) is 1. The summed E-state index contributed by atoms with van der Waals surface area (Å²) in [6, 6.07) is 0. The molecule has 6 aliphatic rings. The number of rotatable bonds is 2. The molecule has 2 N–H and O–H groups in total. The third-order valence-corrected chi connectivity index (χ3v) is 11.3. The highest BCUT2D eigenvalue weighted by molar-refractivity contribution is 6.01. The van der Waals surface area contributed by atoms with Gasteiger partial charge in [0.2, 0.25) is 0 Å². The van der Waals surface area contributed by atoms with Crippen molar-refractivity contribution < 1.29 is 19.8 Å². The molecule has 0 saturated heterocycles. The molecule has 0 radical (unpaired) electrons.